The number of hydrogen-bond acceptors (Lipinski definition) is 4. The Morgan fingerprint density at radius 3 is 2.59 bits per heavy atom. The predicted octanol–water partition coefficient (Wildman–Crippen LogP) is 0.264. The van der Waals surface area contributed by atoms with Crippen LogP contribution in [-0.4, -0.2) is 18.0 Å². The van der Waals surface area contributed by atoms with E-state index in [0.717, 1.165) is 25.5 Å². The first kappa shape index (κ1) is 12.4. The molecule has 0 spiro atoms. The predicted molar refractivity (Wildman–Crippen MR) is 61.7 cm³/mol. The monoisotopic (exact) mass is 278 g/mol. The van der Waals surface area contributed by atoms with E-state index in [4.69, 9.17) is 10.7 Å². The van der Waals surface area contributed by atoms with E-state index >= 15 is 0 Å². The molecule has 0 aromatic carbocycles. The molecule has 1 fully saturated rings. The molecule has 0 amide bonds. The quantitative estimate of drug-likeness (QED) is 0.800. The van der Waals surface area contributed by atoms with Crippen molar-refractivity contribution in [3.63, 3.8) is 0 Å². The largest absolute Gasteiger partial charge is 0.328 e. The topological polar surface area (TPSA) is 89.0 Å². The van der Waals surface area contributed by atoms with Crippen LogP contribution in [0.2, 0.25) is 0 Å². The molecule has 1 aliphatic rings. The highest BCUT2D eigenvalue weighted by Gasteiger charge is 2.22. The van der Waals surface area contributed by atoms with Gasteiger partial charge in [0.25, 0.3) is 14.6 Å². The first-order valence-corrected chi connectivity index (χ1v) is 7.47. The molecule has 1 aromatic rings. The minimum Gasteiger partial charge on any atom is -0.299 e. The van der Waals surface area contributed by atoms with E-state index in [1.807, 2.05) is 4.98 Å². The third-order valence-corrected chi connectivity index (χ3v) is 4.03. The molecule has 2 rings (SSSR count). The van der Waals surface area contributed by atoms with E-state index < -0.39 is 25.2 Å². The van der Waals surface area contributed by atoms with Crippen LogP contribution in [0, 0.1) is 5.92 Å². The highest BCUT2D eigenvalue weighted by molar-refractivity contribution is 8.13. The Bertz CT molecular complexity index is 642. The maximum Gasteiger partial charge on any atom is 0.328 e. The maximum atomic E-state index is 11.4. The molecule has 0 aliphatic heterocycles. The number of hydrogen-bond donors (Lipinski definition) is 1. The van der Waals surface area contributed by atoms with Crippen LogP contribution in [0.5, 0.6) is 0 Å². The summed E-state index contributed by atoms with van der Waals surface area (Å²) in [6.07, 6.45) is 4.08. The molecular weight excluding hydrogens is 268 g/mol. The molecule has 1 heterocycles. The van der Waals surface area contributed by atoms with Crippen molar-refractivity contribution in [2.75, 3.05) is 0 Å². The Balaban J connectivity index is 2.38. The number of halogens is 1. The van der Waals surface area contributed by atoms with Gasteiger partial charge in [-0.05, 0) is 12.3 Å². The lowest BCUT2D eigenvalue weighted by Gasteiger charge is -2.05. The summed E-state index contributed by atoms with van der Waals surface area (Å²) in [6.45, 7) is 0.389. The fourth-order valence-electron chi connectivity index (χ4n) is 1.56. The summed E-state index contributed by atoms with van der Waals surface area (Å²) in [4.78, 5) is 24.0. The molecule has 8 heteroatoms. The molecule has 17 heavy (non-hydrogen) atoms. The number of rotatable bonds is 4. The van der Waals surface area contributed by atoms with E-state index in [9.17, 15) is 18.0 Å². The van der Waals surface area contributed by atoms with Crippen molar-refractivity contribution < 1.29 is 8.42 Å². The lowest BCUT2D eigenvalue weighted by molar-refractivity contribution is 0.556. The van der Waals surface area contributed by atoms with E-state index in [-0.39, 0.29) is 0 Å². The molecule has 0 radical (unpaired) electrons. The minimum atomic E-state index is -4.13. The SMILES string of the molecule is O=c1[nH]c(=O)n(CCC2CC2)cc1S(=O)(=O)Cl. The maximum absolute atomic E-state index is 11.4. The zero-order valence-corrected chi connectivity index (χ0v) is 10.4. The van der Waals surface area contributed by atoms with Crippen LogP contribution in [0.15, 0.2) is 20.7 Å². The van der Waals surface area contributed by atoms with Gasteiger partial charge in [-0.2, -0.15) is 0 Å². The molecule has 1 aliphatic carbocycles. The molecule has 0 bridgehead atoms. The van der Waals surface area contributed by atoms with Crippen molar-refractivity contribution in [3.05, 3.63) is 27.0 Å². The molecule has 1 saturated carbocycles. The van der Waals surface area contributed by atoms with Gasteiger partial charge in [0, 0.05) is 23.4 Å². The van der Waals surface area contributed by atoms with Gasteiger partial charge in [0.05, 0.1) is 0 Å². The summed E-state index contributed by atoms with van der Waals surface area (Å²) >= 11 is 0. The second kappa shape index (κ2) is 4.30. The van der Waals surface area contributed by atoms with Crippen molar-refractivity contribution in [1.82, 2.24) is 9.55 Å². The molecule has 1 aromatic heterocycles. The third kappa shape index (κ3) is 2.98. The molecule has 94 valence electrons. The number of H-pyrrole nitrogens is 1. The molecule has 0 saturated heterocycles. The van der Waals surface area contributed by atoms with E-state index in [1.165, 1.54) is 4.57 Å². The summed E-state index contributed by atoms with van der Waals surface area (Å²) < 4.78 is 23.4. The second-order valence-electron chi connectivity index (χ2n) is 4.12. The van der Waals surface area contributed by atoms with E-state index in [1.54, 1.807) is 0 Å². The van der Waals surface area contributed by atoms with E-state index in [0.29, 0.717) is 12.5 Å². The van der Waals surface area contributed by atoms with Gasteiger partial charge in [-0.15, -0.1) is 0 Å². The number of aryl methyl sites for hydroxylation is 1. The van der Waals surface area contributed by atoms with Gasteiger partial charge in [0.15, 0.2) is 4.90 Å². The van der Waals surface area contributed by atoms with Crippen LogP contribution in [-0.2, 0) is 15.6 Å². The Morgan fingerprint density at radius 2 is 2.06 bits per heavy atom. The normalized spacial score (nSPS) is 16.1. The second-order valence-corrected chi connectivity index (χ2v) is 6.65. The zero-order chi connectivity index (χ0) is 12.6. The zero-order valence-electron chi connectivity index (χ0n) is 8.85. The highest BCUT2D eigenvalue weighted by Crippen LogP contribution is 2.32. The molecule has 0 atom stereocenters. The summed E-state index contributed by atoms with van der Waals surface area (Å²) in [5.41, 5.74) is -1.59. The number of nitrogens with zero attached hydrogens (tertiary/aromatic N) is 1. The Kier molecular flexibility index (Phi) is 3.13. The van der Waals surface area contributed by atoms with Gasteiger partial charge in [-0.25, -0.2) is 13.2 Å². The van der Waals surface area contributed by atoms with Gasteiger partial charge >= 0.3 is 5.69 Å². The standard InChI is InChI=1S/C9H11ClN2O4S/c10-17(15,16)7-5-12(4-3-6-1-2-6)9(14)11-8(7)13/h5-6H,1-4H2,(H,11,13,14). The van der Waals surface area contributed by atoms with Gasteiger partial charge in [0.1, 0.15) is 0 Å². The van der Waals surface area contributed by atoms with Crippen LogP contribution in [0.1, 0.15) is 19.3 Å². The molecule has 0 unspecified atom stereocenters. The fourth-order valence-corrected chi connectivity index (χ4v) is 2.41. The minimum absolute atomic E-state index is 0.389. The summed E-state index contributed by atoms with van der Waals surface area (Å²) in [6, 6.07) is 0. The first-order chi connectivity index (χ1) is 7.88. The number of aromatic amines is 1. The van der Waals surface area contributed by atoms with Crippen LogP contribution >= 0.6 is 10.7 Å². The van der Waals surface area contributed by atoms with Gasteiger partial charge < -0.3 is 0 Å². The van der Waals surface area contributed by atoms with Gasteiger partial charge in [-0.3, -0.25) is 14.3 Å². The lowest BCUT2D eigenvalue weighted by atomic mass is 10.3. The van der Waals surface area contributed by atoms with Crippen LogP contribution in [0.4, 0.5) is 0 Å². The van der Waals surface area contributed by atoms with Gasteiger partial charge in [-0.1, -0.05) is 12.8 Å². The summed E-state index contributed by atoms with van der Waals surface area (Å²) in [5, 5.41) is 0. The average Bonchev–Trinajstić information content (AvgIpc) is 2.98. The molecular formula is C9H11ClN2O4S. The Labute approximate surface area is 102 Å². The summed E-state index contributed by atoms with van der Waals surface area (Å²) in [5.74, 6) is 0.602. The number of nitrogens with one attached hydrogen (secondary N) is 1. The first-order valence-electron chi connectivity index (χ1n) is 5.16. The lowest BCUT2D eigenvalue weighted by Crippen LogP contribution is -2.32. The fraction of sp³-hybridized carbons (Fsp3) is 0.556. The van der Waals surface area contributed by atoms with Crippen molar-refractivity contribution in [1.29, 1.82) is 0 Å². The van der Waals surface area contributed by atoms with Crippen LogP contribution in [0.25, 0.3) is 0 Å². The smallest absolute Gasteiger partial charge is 0.299 e. The average molecular weight is 279 g/mol. The van der Waals surface area contributed by atoms with Crippen molar-refractivity contribution in [3.8, 4) is 0 Å². The molecule has 1 N–H and O–H groups in total. The number of aromatic nitrogens is 2. The van der Waals surface area contributed by atoms with Crippen LogP contribution < -0.4 is 11.2 Å². The summed E-state index contributed by atoms with van der Waals surface area (Å²) in [7, 11) is 0.973. The van der Waals surface area contributed by atoms with Crippen molar-refractivity contribution >= 4 is 19.7 Å². The Morgan fingerprint density at radius 1 is 1.41 bits per heavy atom. The highest BCUT2D eigenvalue weighted by atomic mass is 35.7. The van der Waals surface area contributed by atoms with Crippen LogP contribution in [0.3, 0.4) is 0 Å². The van der Waals surface area contributed by atoms with E-state index in [2.05, 4.69) is 0 Å². The Hall–Kier alpha value is -1.08. The third-order valence-electron chi connectivity index (χ3n) is 2.72. The van der Waals surface area contributed by atoms with Crippen molar-refractivity contribution in [2.24, 2.45) is 5.92 Å². The van der Waals surface area contributed by atoms with Crippen molar-refractivity contribution in [2.45, 2.75) is 30.7 Å². The molecule has 6 nitrogen and oxygen atoms in total. The van der Waals surface area contributed by atoms with Gasteiger partial charge in [0.2, 0.25) is 0 Å².